The molecule has 1 aromatic heterocycles. The number of hydrogen-bond acceptors (Lipinski definition) is 4. The summed E-state index contributed by atoms with van der Waals surface area (Å²) in [6.07, 6.45) is 1.37. The number of anilines is 2. The number of likely N-dealkylation sites (N-methyl/N-ethyl adjacent to an activating group) is 1. The zero-order chi connectivity index (χ0) is 14.7. The maximum absolute atomic E-state index is 13.7. The molecule has 7 heteroatoms. The van der Waals surface area contributed by atoms with Gasteiger partial charge in [0, 0.05) is 26.2 Å². The SMILES string of the molecule is CCCNc1nc(NC2CCN(C)C2=O)c(F)cc1F. The van der Waals surface area contributed by atoms with Crippen molar-refractivity contribution in [1.29, 1.82) is 0 Å². The van der Waals surface area contributed by atoms with Gasteiger partial charge in [-0.1, -0.05) is 6.92 Å². The van der Waals surface area contributed by atoms with Gasteiger partial charge in [0.05, 0.1) is 0 Å². The van der Waals surface area contributed by atoms with Crippen molar-refractivity contribution in [3.63, 3.8) is 0 Å². The lowest BCUT2D eigenvalue weighted by molar-refractivity contribution is -0.127. The monoisotopic (exact) mass is 284 g/mol. The van der Waals surface area contributed by atoms with Crippen molar-refractivity contribution >= 4 is 17.5 Å². The van der Waals surface area contributed by atoms with Gasteiger partial charge in [-0.3, -0.25) is 4.79 Å². The van der Waals surface area contributed by atoms with E-state index in [0.717, 1.165) is 12.5 Å². The minimum Gasteiger partial charge on any atom is -0.368 e. The van der Waals surface area contributed by atoms with Crippen LogP contribution in [-0.2, 0) is 4.79 Å². The standard InChI is InChI=1S/C13H18F2N4O/c1-3-5-16-11-8(14)7-9(15)12(18-11)17-10-4-6-19(2)13(10)20/h7,10H,3-6H2,1-2H3,(H2,16,17,18). The molecule has 20 heavy (non-hydrogen) atoms. The summed E-state index contributed by atoms with van der Waals surface area (Å²) in [6.45, 7) is 3.08. The number of likely N-dealkylation sites (tertiary alicyclic amines) is 1. The van der Waals surface area contributed by atoms with Crippen LogP contribution in [0.3, 0.4) is 0 Å². The number of nitrogens with one attached hydrogen (secondary N) is 2. The van der Waals surface area contributed by atoms with Crippen LogP contribution >= 0.6 is 0 Å². The molecule has 1 aliphatic rings. The quantitative estimate of drug-likeness (QED) is 0.866. The van der Waals surface area contributed by atoms with E-state index in [0.29, 0.717) is 19.5 Å². The van der Waals surface area contributed by atoms with E-state index in [2.05, 4.69) is 15.6 Å². The molecule has 1 aliphatic heterocycles. The Balaban J connectivity index is 2.16. The summed E-state index contributed by atoms with van der Waals surface area (Å²) in [5, 5.41) is 5.54. The zero-order valence-corrected chi connectivity index (χ0v) is 11.5. The number of carbonyl (C=O) groups is 1. The second kappa shape index (κ2) is 6.02. The van der Waals surface area contributed by atoms with Crippen LogP contribution < -0.4 is 10.6 Å². The Bertz CT molecular complexity index is 509. The first kappa shape index (κ1) is 14.5. The molecule has 1 fully saturated rings. The third-order valence-corrected chi connectivity index (χ3v) is 3.21. The Hall–Kier alpha value is -1.92. The van der Waals surface area contributed by atoms with Crippen LogP contribution in [-0.4, -0.2) is 42.0 Å². The van der Waals surface area contributed by atoms with E-state index in [1.807, 2.05) is 6.92 Å². The van der Waals surface area contributed by atoms with Gasteiger partial charge in [0.25, 0.3) is 0 Å². The molecule has 1 saturated heterocycles. The number of aromatic nitrogens is 1. The first-order valence-electron chi connectivity index (χ1n) is 6.64. The number of halogens is 2. The third-order valence-electron chi connectivity index (χ3n) is 3.21. The molecule has 2 rings (SSSR count). The molecular weight excluding hydrogens is 266 g/mol. The van der Waals surface area contributed by atoms with Crippen molar-refractivity contribution in [2.45, 2.75) is 25.8 Å². The summed E-state index contributed by atoms with van der Waals surface area (Å²) in [5.41, 5.74) is 0. The van der Waals surface area contributed by atoms with Gasteiger partial charge < -0.3 is 15.5 Å². The summed E-state index contributed by atoms with van der Waals surface area (Å²) in [7, 11) is 1.69. The van der Waals surface area contributed by atoms with Gasteiger partial charge in [0.2, 0.25) is 5.91 Å². The van der Waals surface area contributed by atoms with Gasteiger partial charge in [-0.25, -0.2) is 13.8 Å². The number of pyridine rings is 1. The molecule has 5 nitrogen and oxygen atoms in total. The van der Waals surface area contributed by atoms with Crippen molar-refractivity contribution in [2.24, 2.45) is 0 Å². The summed E-state index contributed by atoms with van der Waals surface area (Å²) in [6, 6.07) is 0.266. The predicted octanol–water partition coefficient (Wildman–Crippen LogP) is 1.82. The van der Waals surface area contributed by atoms with Crippen LogP contribution in [0.4, 0.5) is 20.4 Å². The van der Waals surface area contributed by atoms with Gasteiger partial charge in [-0.2, -0.15) is 0 Å². The highest BCUT2D eigenvalue weighted by molar-refractivity contribution is 5.86. The van der Waals surface area contributed by atoms with Gasteiger partial charge in [-0.05, 0) is 12.8 Å². The molecule has 1 unspecified atom stereocenters. The minimum absolute atomic E-state index is 0.00505. The number of carbonyl (C=O) groups excluding carboxylic acids is 1. The van der Waals surface area contributed by atoms with E-state index < -0.39 is 17.7 Å². The molecule has 0 radical (unpaired) electrons. The van der Waals surface area contributed by atoms with Crippen LogP contribution in [0.15, 0.2) is 6.07 Å². The fourth-order valence-corrected chi connectivity index (χ4v) is 2.06. The molecule has 0 saturated carbocycles. The molecule has 1 atom stereocenters. The first-order chi connectivity index (χ1) is 9.52. The Labute approximate surface area is 116 Å². The number of nitrogens with zero attached hydrogens (tertiary/aromatic N) is 2. The van der Waals surface area contributed by atoms with Crippen molar-refractivity contribution in [1.82, 2.24) is 9.88 Å². The molecule has 0 spiro atoms. The lowest BCUT2D eigenvalue weighted by atomic mass is 10.2. The van der Waals surface area contributed by atoms with E-state index in [1.54, 1.807) is 11.9 Å². The van der Waals surface area contributed by atoms with E-state index in [9.17, 15) is 13.6 Å². The average Bonchev–Trinajstić information content (AvgIpc) is 2.72. The van der Waals surface area contributed by atoms with Gasteiger partial charge >= 0.3 is 0 Å². The molecule has 0 aromatic carbocycles. The van der Waals surface area contributed by atoms with Gasteiger partial charge in [-0.15, -0.1) is 0 Å². The number of rotatable bonds is 5. The van der Waals surface area contributed by atoms with Gasteiger partial charge in [0.1, 0.15) is 6.04 Å². The van der Waals surface area contributed by atoms with Crippen LogP contribution in [0.25, 0.3) is 0 Å². The van der Waals surface area contributed by atoms with E-state index in [4.69, 9.17) is 0 Å². The van der Waals surface area contributed by atoms with Crippen LogP contribution in [0.1, 0.15) is 19.8 Å². The first-order valence-corrected chi connectivity index (χ1v) is 6.64. The molecule has 0 aliphatic carbocycles. The topological polar surface area (TPSA) is 57.3 Å². The largest absolute Gasteiger partial charge is 0.368 e. The molecule has 110 valence electrons. The highest BCUT2D eigenvalue weighted by Crippen LogP contribution is 2.22. The predicted molar refractivity (Wildman–Crippen MR) is 72.6 cm³/mol. The zero-order valence-electron chi connectivity index (χ0n) is 11.5. The Morgan fingerprint density at radius 2 is 2.10 bits per heavy atom. The Morgan fingerprint density at radius 3 is 2.70 bits per heavy atom. The molecule has 2 N–H and O–H groups in total. The van der Waals surface area contributed by atoms with Gasteiger partial charge in [0.15, 0.2) is 23.3 Å². The van der Waals surface area contributed by atoms with Crippen LogP contribution in [0, 0.1) is 11.6 Å². The van der Waals surface area contributed by atoms with Crippen molar-refractivity contribution in [3.8, 4) is 0 Å². The van der Waals surface area contributed by atoms with E-state index in [1.165, 1.54) is 0 Å². The maximum atomic E-state index is 13.7. The van der Waals surface area contributed by atoms with Crippen molar-refractivity contribution in [2.75, 3.05) is 30.8 Å². The molecule has 2 heterocycles. The Morgan fingerprint density at radius 1 is 1.40 bits per heavy atom. The fourth-order valence-electron chi connectivity index (χ4n) is 2.06. The lowest BCUT2D eigenvalue weighted by Crippen LogP contribution is -2.31. The van der Waals surface area contributed by atoms with Crippen LogP contribution in [0.2, 0.25) is 0 Å². The van der Waals surface area contributed by atoms with Crippen molar-refractivity contribution < 1.29 is 13.6 Å². The third kappa shape index (κ3) is 2.97. The smallest absolute Gasteiger partial charge is 0.244 e. The number of hydrogen-bond donors (Lipinski definition) is 2. The minimum atomic E-state index is -0.799. The second-order valence-corrected chi connectivity index (χ2v) is 4.82. The molecule has 0 bridgehead atoms. The summed E-state index contributed by atoms with van der Waals surface area (Å²) < 4.78 is 27.3. The van der Waals surface area contributed by atoms with E-state index >= 15 is 0 Å². The summed E-state index contributed by atoms with van der Waals surface area (Å²) >= 11 is 0. The number of amides is 1. The molecular formula is C13H18F2N4O. The molecule has 1 amide bonds. The second-order valence-electron chi connectivity index (χ2n) is 4.82. The average molecular weight is 284 g/mol. The van der Waals surface area contributed by atoms with Crippen molar-refractivity contribution in [3.05, 3.63) is 17.7 Å². The normalized spacial score (nSPS) is 18.5. The van der Waals surface area contributed by atoms with Crippen LogP contribution in [0.5, 0.6) is 0 Å². The lowest BCUT2D eigenvalue weighted by Gasteiger charge is -2.15. The summed E-state index contributed by atoms with van der Waals surface area (Å²) in [4.78, 5) is 17.2. The highest BCUT2D eigenvalue weighted by Gasteiger charge is 2.30. The maximum Gasteiger partial charge on any atom is 0.244 e. The fraction of sp³-hybridized carbons (Fsp3) is 0.538. The molecule has 1 aromatic rings. The Kier molecular flexibility index (Phi) is 4.36. The highest BCUT2D eigenvalue weighted by atomic mass is 19.1. The summed E-state index contributed by atoms with van der Waals surface area (Å²) in [5.74, 6) is -1.75. The van der Waals surface area contributed by atoms with E-state index in [-0.39, 0.29) is 17.5 Å².